The van der Waals surface area contributed by atoms with Crippen LogP contribution in [0.1, 0.15) is 16.1 Å². The molecule has 0 saturated heterocycles. The van der Waals surface area contributed by atoms with Gasteiger partial charge < -0.3 is 0 Å². The van der Waals surface area contributed by atoms with E-state index in [0.29, 0.717) is 5.56 Å². The summed E-state index contributed by atoms with van der Waals surface area (Å²) in [7, 11) is 0. The summed E-state index contributed by atoms with van der Waals surface area (Å²) in [6.07, 6.45) is 1.51. The molecule has 1 rings (SSSR count). The second kappa shape index (κ2) is 2.93. The highest BCUT2D eigenvalue weighted by Gasteiger charge is 2.02. The number of ketones is 1. The van der Waals surface area contributed by atoms with E-state index < -0.39 is 5.78 Å². The summed E-state index contributed by atoms with van der Waals surface area (Å²) in [6, 6.07) is 4.66. The molecule has 1 aromatic rings. The van der Waals surface area contributed by atoms with Crippen LogP contribution in [0.5, 0.6) is 0 Å². The van der Waals surface area contributed by atoms with Crippen LogP contribution in [0.25, 0.3) is 0 Å². The number of nitriles is 1. The van der Waals surface area contributed by atoms with Crippen molar-refractivity contribution >= 4 is 5.78 Å². The number of aryl methyl sites for hydroxylation is 1. The van der Waals surface area contributed by atoms with Crippen LogP contribution in [0.15, 0.2) is 18.3 Å². The number of hydrogen-bond donors (Lipinski definition) is 0. The Bertz CT molecular complexity index is 325. The molecule has 0 saturated carbocycles. The van der Waals surface area contributed by atoms with Crippen molar-refractivity contribution in [1.29, 1.82) is 5.26 Å². The van der Waals surface area contributed by atoms with Crippen molar-refractivity contribution in [3.05, 3.63) is 29.6 Å². The zero-order valence-electron chi connectivity index (χ0n) is 6.03. The van der Waals surface area contributed by atoms with E-state index in [1.807, 2.05) is 0 Å². The fourth-order valence-electron chi connectivity index (χ4n) is 0.751. The van der Waals surface area contributed by atoms with Crippen molar-refractivity contribution in [2.45, 2.75) is 6.92 Å². The van der Waals surface area contributed by atoms with Gasteiger partial charge in [-0.05, 0) is 19.1 Å². The third-order valence-corrected chi connectivity index (χ3v) is 1.26. The molecule has 0 fully saturated rings. The minimum absolute atomic E-state index is 0.403. The van der Waals surface area contributed by atoms with Gasteiger partial charge in [-0.2, -0.15) is 5.26 Å². The number of carbonyl (C=O) groups excluding carboxylic acids is 1. The second-order valence-corrected chi connectivity index (χ2v) is 2.13. The number of hydrogen-bond acceptors (Lipinski definition) is 3. The van der Waals surface area contributed by atoms with Gasteiger partial charge in [0, 0.05) is 17.5 Å². The van der Waals surface area contributed by atoms with Crippen molar-refractivity contribution < 1.29 is 4.79 Å². The maximum absolute atomic E-state index is 10.8. The highest BCUT2D eigenvalue weighted by atomic mass is 16.1. The first-order valence-corrected chi connectivity index (χ1v) is 3.11. The van der Waals surface area contributed by atoms with Crippen LogP contribution in [0.3, 0.4) is 0 Å². The number of nitrogens with zero attached hydrogens (tertiary/aromatic N) is 2. The lowest BCUT2D eigenvalue weighted by atomic mass is 10.2. The molecule has 0 aliphatic carbocycles. The van der Waals surface area contributed by atoms with E-state index >= 15 is 0 Å². The predicted molar refractivity (Wildman–Crippen MR) is 38.9 cm³/mol. The minimum Gasteiger partial charge on any atom is -0.277 e. The van der Waals surface area contributed by atoms with Gasteiger partial charge in [-0.3, -0.25) is 9.78 Å². The Morgan fingerprint density at radius 2 is 2.45 bits per heavy atom. The Morgan fingerprint density at radius 3 is 3.00 bits per heavy atom. The second-order valence-electron chi connectivity index (χ2n) is 2.13. The van der Waals surface area contributed by atoms with Crippen LogP contribution in [-0.2, 0) is 0 Å². The first kappa shape index (κ1) is 7.42. The zero-order chi connectivity index (χ0) is 8.27. The fraction of sp³-hybridized carbons (Fsp3) is 0.125. The maximum Gasteiger partial charge on any atom is 0.262 e. The average molecular weight is 146 g/mol. The molecular weight excluding hydrogens is 140 g/mol. The quantitative estimate of drug-likeness (QED) is 0.440. The van der Waals surface area contributed by atoms with E-state index in [9.17, 15) is 4.79 Å². The summed E-state index contributed by atoms with van der Waals surface area (Å²) in [6.45, 7) is 1.77. The van der Waals surface area contributed by atoms with E-state index in [1.54, 1.807) is 19.1 Å². The van der Waals surface area contributed by atoms with Gasteiger partial charge in [0.1, 0.15) is 6.07 Å². The van der Waals surface area contributed by atoms with Gasteiger partial charge in [-0.15, -0.1) is 0 Å². The number of aromatic nitrogens is 1. The summed E-state index contributed by atoms with van der Waals surface area (Å²) in [5.74, 6) is -0.518. The molecule has 0 N–H and O–H groups in total. The highest BCUT2D eigenvalue weighted by molar-refractivity contribution is 6.07. The fourth-order valence-corrected chi connectivity index (χ4v) is 0.751. The molecule has 0 amide bonds. The lowest BCUT2D eigenvalue weighted by Crippen LogP contribution is -1.95. The zero-order valence-corrected chi connectivity index (χ0v) is 6.03. The van der Waals surface area contributed by atoms with Gasteiger partial charge in [-0.25, -0.2) is 0 Å². The van der Waals surface area contributed by atoms with Crippen molar-refractivity contribution in [1.82, 2.24) is 4.98 Å². The van der Waals surface area contributed by atoms with Gasteiger partial charge >= 0.3 is 0 Å². The Labute approximate surface area is 64.3 Å². The molecule has 0 aliphatic rings. The van der Waals surface area contributed by atoms with Crippen molar-refractivity contribution in [3.8, 4) is 6.07 Å². The topological polar surface area (TPSA) is 53.8 Å². The molecule has 0 radical (unpaired) electrons. The monoisotopic (exact) mass is 146 g/mol. The SMILES string of the molecule is Cc1cc(C(=O)C#N)ccn1. The first-order valence-electron chi connectivity index (χ1n) is 3.11. The number of pyridine rings is 1. The predicted octanol–water partition coefficient (Wildman–Crippen LogP) is 1.10. The standard InChI is InChI=1S/C8H6N2O/c1-6-4-7(2-3-10-6)8(11)5-9/h2-4H,1H3. The molecule has 0 aromatic carbocycles. The maximum atomic E-state index is 10.8. The Kier molecular flexibility index (Phi) is 1.98. The van der Waals surface area contributed by atoms with Gasteiger partial charge in [0.2, 0.25) is 0 Å². The smallest absolute Gasteiger partial charge is 0.262 e. The van der Waals surface area contributed by atoms with Crippen LogP contribution in [-0.4, -0.2) is 10.8 Å². The average Bonchev–Trinajstić information content (AvgIpc) is 2.03. The summed E-state index contributed by atoms with van der Waals surface area (Å²) in [4.78, 5) is 14.7. The largest absolute Gasteiger partial charge is 0.277 e. The summed E-state index contributed by atoms with van der Waals surface area (Å²) in [5, 5.41) is 8.26. The molecule has 0 unspecified atom stereocenters. The Hall–Kier alpha value is -1.69. The minimum atomic E-state index is -0.518. The van der Waals surface area contributed by atoms with Crippen molar-refractivity contribution in [2.75, 3.05) is 0 Å². The lowest BCUT2D eigenvalue weighted by Gasteiger charge is -1.92. The Morgan fingerprint density at radius 1 is 1.73 bits per heavy atom. The van der Waals surface area contributed by atoms with E-state index in [0.717, 1.165) is 5.69 Å². The summed E-state index contributed by atoms with van der Waals surface area (Å²) < 4.78 is 0. The van der Waals surface area contributed by atoms with Gasteiger partial charge in [0.25, 0.3) is 5.78 Å². The number of carbonyl (C=O) groups is 1. The van der Waals surface area contributed by atoms with Gasteiger partial charge in [-0.1, -0.05) is 0 Å². The molecule has 3 nitrogen and oxygen atoms in total. The molecule has 1 heterocycles. The van der Waals surface area contributed by atoms with E-state index in [4.69, 9.17) is 5.26 Å². The van der Waals surface area contributed by atoms with E-state index in [2.05, 4.69) is 4.98 Å². The lowest BCUT2D eigenvalue weighted by molar-refractivity contribution is 0.105. The molecule has 3 heteroatoms. The van der Waals surface area contributed by atoms with Crippen LogP contribution >= 0.6 is 0 Å². The molecule has 0 aliphatic heterocycles. The van der Waals surface area contributed by atoms with Crippen molar-refractivity contribution in [3.63, 3.8) is 0 Å². The summed E-state index contributed by atoms with van der Waals surface area (Å²) >= 11 is 0. The normalized spacial score (nSPS) is 8.73. The van der Waals surface area contributed by atoms with Crippen LogP contribution in [0, 0.1) is 18.3 Å². The van der Waals surface area contributed by atoms with E-state index in [-0.39, 0.29) is 0 Å². The third-order valence-electron chi connectivity index (χ3n) is 1.26. The van der Waals surface area contributed by atoms with Gasteiger partial charge in [0.15, 0.2) is 0 Å². The molecule has 54 valence electrons. The molecule has 0 bridgehead atoms. The third kappa shape index (κ3) is 1.62. The van der Waals surface area contributed by atoms with Crippen LogP contribution < -0.4 is 0 Å². The molecule has 11 heavy (non-hydrogen) atoms. The van der Waals surface area contributed by atoms with Crippen LogP contribution in [0.4, 0.5) is 0 Å². The molecule has 0 atom stereocenters. The highest BCUT2D eigenvalue weighted by Crippen LogP contribution is 2.00. The Balaban J connectivity index is 3.08. The summed E-state index contributed by atoms with van der Waals surface area (Å²) in [5.41, 5.74) is 1.14. The van der Waals surface area contributed by atoms with E-state index in [1.165, 1.54) is 12.3 Å². The first-order chi connectivity index (χ1) is 5.24. The molecule has 0 spiro atoms. The molecule has 1 aromatic heterocycles. The number of rotatable bonds is 1. The van der Waals surface area contributed by atoms with Crippen molar-refractivity contribution in [2.24, 2.45) is 0 Å². The number of Topliss-reactive ketones (excluding diaryl/α,β-unsaturated/α-hetero) is 1. The van der Waals surface area contributed by atoms with Gasteiger partial charge in [0.05, 0.1) is 0 Å². The van der Waals surface area contributed by atoms with Crippen LogP contribution in [0.2, 0.25) is 0 Å². The molecular formula is C8H6N2O.